The van der Waals surface area contributed by atoms with Gasteiger partial charge in [0.15, 0.2) is 0 Å². The summed E-state index contributed by atoms with van der Waals surface area (Å²) < 4.78 is 6.13. The molecule has 0 heterocycles. The third kappa shape index (κ3) is 4.32. The third-order valence-corrected chi connectivity index (χ3v) is 3.07. The van der Waals surface area contributed by atoms with E-state index in [9.17, 15) is 5.26 Å². The van der Waals surface area contributed by atoms with E-state index in [-0.39, 0.29) is 0 Å². The number of ether oxygens (including phenoxy) is 1. The molecule has 0 spiro atoms. The van der Waals surface area contributed by atoms with Crippen molar-refractivity contribution in [3.8, 4) is 6.07 Å². The van der Waals surface area contributed by atoms with E-state index in [0.29, 0.717) is 18.1 Å². The average Bonchev–Trinajstić information content (AvgIpc) is 2.34. The number of benzene rings is 1. The number of halogens is 1. The number of nitriles is 1. The van der Waals surface area contributed by atoms with Crippen LogP contribution >= 0.6 is 15.9 Å². The SMILES string of the molecule is COCCN(CC(C)C)c1cc(Br)ccc1C#N. The predicted octanol–water partition coefficient (Wildman–Crippen LogP) is 3.43. The molecule has 18 heavy (non-hydrogen) atoms. The van der Waals surface area contributed by atoms with Crippen LogP contribution in [0.1, 0.15) is 19.4 Å². The van der Waals surface area contributed by atoms with Crippen LogP contribution in [0.25, 0.3) is 0 Å². The molecule has 4 heteroatoms. The summed E-state index contributed by atoms with van der Waals surface area (Å²) in [5.74, 6) is 0.535. The van der Waals surface area contributed by atoms with Crippen LogP contribution in [0.5, 0.6) is 0 Å². The van der Waals surface area contributed by atoms with Crippen molar-refractivity contribution >= 4 is 21.6 Å². The summed E-state index contributed by atoms with van der Waals surface area (Å²) in [5, 5.41) is 9.19. The molecule has 1 rings (SSSR count). The van der Waals surface area contributed by atoms with Crippen molar-refractivity contribution in [1.29, 1.82) is 5.26 Å². The molecule has 0 atom stereocenters. The monoisotopic (exact) mass is 310 g/mol. The topological polar surface area (TPSA) is 36.3 Å². The van der Waals surface area contributed by atoms with E-state index in [2.05, 4.69) is 40.7 Å². The van der Waals surface area contributed by atoms with Crippen LogP contribution in [0, 0.1) is 17.2 Å². The lowest BCUT2D eigenvalue weighted by Crippen LogP contribution is -2.31. The average molecular weight is 311 g/mol. The summed E-state index contributed by atoms with van der Waals surface area (Å²) in [5.41, 5.74) is 1.67. The smallest absolute Gasteiger partial charge is 0.101 e. The Morgan fingerprint density at radius 3 is 2.72 bits per heavy atom. The van der Waals surface area contributed by atoms with Gasteiger partial charge in [0.1, 0.15) is 6.07 Å². The molecule has 98 valence electrons. The van der Waals surface area contributed by atoms with E-state index in [1.54, 1.807) is 7.11 Å². The molecule has 1 aromatic carbocycles. The summed E-state index contributed by atoms with van der Waals surface area (Å²) in [7, 11) is 1.69. The second-order valence-corrected chi connectivity index (χ2v) is 5.52. The Bertz CT molecular complexity index is 426. The van der Waals surface area contributed by atoms with Gasteiger partial charge in [0.2, 0.25) is 0 Å². The Morgan fingerprint density at radius 2 is 2.17 bits per heavy atom. The molecule has 0 aliphatic carbocycles. The Morgan fingerprint density at radius 1 is 1.44 bits per heavy atom. The molecule has 0 aromatic heterocycles. The van der Waals surface area contributed by atoms with Gasteiger partial charge in [-0.05, 0) is 24.1 Å². The highest BCUT2D eigenvalue weighted by atomic mass is 79.9. The molecule has 0 amide bonds. The van der Waals surface area contributed by atoms with Gasteiger partial charge >= 0.3 is 0 Å². The van der Waals surface area contributed by atoms with Crippen LogP contribution in [-0.2, 0) is 4.74 Å². The van der Waals surface area contributed by atoms with Gasteiger partial charge in [-0.3, -0.25) is 0 Å². The quantitative estimate of drug-likeness (QED) is 0.807. The minimum absolute atomic E-state index is 0.535. The van der Waals surface area contributed by atoms with E-state index < -0.39 is 0 Å². The fourth-order valence-electron chi connectivity index (χ4n) is 1.81. The van der Waals surface area contributed by atoms with E-state index in [1.807, 2.05) is 18.2 Å². The summed E-state index contributed by atoms with van der Waals surface area (Å²) in [6.07, 6.45) is 0. The normalized spacial score (nSPS) is 10.4. The summed E-state index contributed by atoms with van der Waals surface area (Å²) in [4.78, 5) is 2.21. The van der Waals surface area contributed by atoms with E-state index in [1.165, 1.54) is 0 Å². The van der Waals surface area contributed by atoms with Crippen LogP contribution in [0.2, 0.25) is 0 Å². The molecule has 0 bridgehead atoms. The third-order valence-electron chi connectivity index (χ3n) is 2.57. The maximum atomic E-state index is 9.19. The minimum Gasteiger partial charge on any atom is -0.383 e. The molecule has 0 unspecified atom stereocenters. The molecule has 0 fully saturated rings. The van der Waals surface area contributed by atoms with Gasteiger partial charge in [-0.1, -0.05) is 29.8 Å². The zero-order valence-corrected chi connectivity index (χ0v) is 12.7. The number of hydrogen-bond donors (Lipinski definition) is 0. The van der Waals surface area contributed by atoms with E-state index in [4.69, 9.17) is 4.74 Å². The van der Waals surface area contributed by atoms with Crippen LogP contribution < -0.4 is 4.90 Å². The van der Waals surface area contributed by atoms with E-state index >= 15 is 0 Å². The summed E-state index contributed by atoms with van der Waals surface area (Å²) in [6, 6.07) is 7.99. The van der Waals surface area contributed by atoms with Gasteiger partial charge in [-0.15, -0.1) is 0 Å². The van der Waals surface area contributed by atoms with Crippen LogP contribution in [0.4, 0.5) is 5.69 Å². The van der Waals surface area contributed by atoms with Crippen LogP contribution in [0.15, 0.2) is 22.7 Å². The van der Waals surface area contributed by atoms with Crippen molar-refractivity contribution in [1.82, 2.24) is 0 Å². The first kappa shape index (κ1) is 15.0. The molecule has 0 N–H and O–H groups in total. The highest BCUT2D eigenvalue weighted by Crippen LogP contribution is 2.25. The van der Waals surface area contributed by atoms with Gasteiger partial charge in [0.05, 0.1) is 17.9 Å². The molecule has 1 aromatic rings. The number of nitrogens with zero attached hydrogens (tertiary/aromatic N) is 2. The molecule has 0 aliphatic rings. The predicted molar refractivity (Wildman–Crippen MR) is 77.8 cm³/mol. The first-order chi connectivity index (χ1) is 8.58. The van der Waals surface area contributed by atoms with Crippen molar-refractivity contribution in [2.45, 2.75) is 13.8 Å². The van der Waals surface area contributed by atoms with Gasteiger partial charge < -0.3 is 9.64 Å². The van der Waals surface area contributed by atoms with Crippen molar-refractivity contribution in [3.05, 3.63) is 28.2 Å². The molecular formula is C14H19BrN2O. The zero-order chi connectivity index (χ0) is 13.5. The zero-order valence-electron chi connectivity index (χ0n) is 11.1. The maximum Gasteiger partial charge on any atom is 0.101 e. The number of rotatable bonds is 6. The minimum atomic E-state index is 0.535. The molecule has 0 radical (unpaired) electrons. The largest absolute Gasteiger partial charge is 0.383 e. The fourth-order valence-corrected chi connectivity index (χ4v) is 2.16. The van der Waals surface area contributed by atoms with Crippen molar-refractivity contribution in [2.75, 3.05) is 31.7 Å². The Kier molecular flexibility index (Phi) is 6.17. The van der Waals surface area contributed by atoms with Crippen LogP contribution in [0.3, 0.4) is 0 Å². The Labute approximate surface area is 117 Å². The van der Waals surface area contributed by atoms with Gasteiger partial charge in [-0.25, -0.2) is 0 Å². The Balaban J connectivity index is 3.02. The first-order valence-corrected chi connectivity index (χ1v) is 6.81. The highest BCUT2D eigenvalue weighted by molar-refractivity contribution is 9.10. The first-order valence-electron chi connectivity index (χ1n) is 6.02. The van der Waals surface area contributed by atoms with Gasteiger partial charge in [0, 0.05) is 24.7 Å². The van der Waals surface area contributed by atoms with Crippen LogP contribution in [-0.4, -0.2) is 26.8 Å². The maximum absolute atomic E-state index is 9.19. The molecule has 0 saturated carbocycles. The molecular weight excluding hydrogens is 292 g/mol. The highest BCUT2D eigenvalue weighted by Gasteiger charge is 2.13. The second-order valence-electron chi connectivity index (χ2n) is 4.61. The van der Waals surface area contributed by atoms with Crippen molar-refractivity contribution in [2.24, 2.45) is 5.92 Å². The molecule has 0 aliphatic heterocycles. The number of anilines is 1. The van der Waals surface area contributed by atoms with E-state index in [0.717, 1.165) is 23.2 Å². The lowest BCUT2D eigenvalue weighted by molar-refractivity contribution is 0.204. The van der Waals surface area contributed by atoms with Crippen molar-refractivity contribution in [3.63, 3.8) is 0 Å². The molecule has 0 saturated heterocycles. The van der Waals surface area contributed by atoms with Gasteiger partial charge in [0.25, 0.3) is 0 Å². The Hall–Kier alpha value is -1.05. The van der Waals surface area contributed by atoms with Crippen molar-refractivity contribution < 1.29 is 4.74 Å². The lowest BCUT2D eigenvalue weighted by Gasteiger charge is -2.27. The lowest BCUT2D eigenvalue weighted by atomic mass is 10.1. The van der Waals surface area contributed by atoms with Gasteiger partial charge in [-0.2, -0.15) is 5.26 Å². The summed E-state index contributed by atoms with van der Waals surface area (Å²) in [6.45, 7) is 6.70. The fraction of sp³-hybridized carbons (Fsp3) is 0.500. The number of hydrogen-bond acceptors (Lipinski definition) is 3. The number of methoxy groups -OCH3 is 1. The molecule has 3 nitrogen and oxygen atoms in total. The summed E-state index contributed by atoms with van der Waals surface area (Å²) >= 11 is 3.46. The standard InChI is InChI=1S/C14H19BrN2O/c1-11(2)10-17(6-7-18-3)14-8-13(15)5-4-12(14)9-16/h4-5,8,11H,6-7,10H2,1-3H3. The second kappa shape index (κ2) is 7.40.